The number of carbonyl (C=O) groups is 2. The molecule has 15 heavy (non-hydrogen) atoms. The predicted molar refractivity (Wildman–Crippen MR) is 55.1 cm³/mol. The monoisotopic (exact) mass is 206 g/mol. The van der Waals surface area contributed by atoms with Crippen molar-refractivity contribution in [2.75, 3.05) is 0 Å². The van der Waals surface area contributed by atoms with Gasteiger partial charge in [0, 0.05) is 18.4 Å². The fourth-order valence-corrected chi connectivity index (χ4v) is 2.09. The largest absolute Gasteiger partial charge is 0.465 e. The minimum Gasteiger partial charge on any atom is -0.465 e. The molecule has 80 valence electrons. The molecule has 0 spiro atoms. The number of furan rings is 1. The van der Waals surface area contributed by atoms with Crippen LogP contribution in [-0.4, -0.2) is 11.6 Å². The van der Waals surface area contributed by atoms with E-state index < -0.39 is 0 Å². The van der Waals surface area contributed by atoms with Crippen molar-refractivity contribution in [2.24, 2.45) is 0 Å². The normalized spacial score (nSPS) is 15.2. The molecule has 1 heterocycles. The molecule has 0 atom stereocenters. The number of aryl methyl sites for hydroxylation is 1. The Morgan fingerprint density at radius 3 is 2.73 bits per heavy atom. The molecule has 1 aliphatic rings. The number of Topliss-reactive ketones (excluding diaryl/α,β-unsaturated/α-hetero) is 2. The SMILES string of the molecule is CC(=O)Cc1oc2c(c1C)C(=O)CCC2. The third-order valence-electron chi connectivity index (χ3n) is 2.81. The average molecular weight is 206 g/mol. The van der Waals surface area contributed by atoms with Gasteiger partial charge in [-0.3, -0.25) is 9.59 Å². The van der Waals surface area contributed by atoms with E-state index >= 15 is 0 Å². The zero-order valence-corrected chi connectivity index (χ0v) is 9.05. The second kappa shape index (κ2) is 3.65. The first-order valence-electron chi connectivity index (χ1n) is 5.23. The summed E-state index contributed by atoms with van der Waals surface area (Å²) in [5.74, 6) is 1.67. The number of ketones is 2. The van der Waals surface area contributed by atoms with Crippen LogP contribution in [0.1, 0.15) is 47.2 Å². The van der Waals surface area contributed by atoms with E-state index in [9.17, 15) is 9.59 Å². The van der Waals surface area contributed by atoms with Crippen LogP contribution in [0.5, 0.6) is 0 Å². The molecule has 0 saturated heterocycles. The van der Waals surface area contributed by atoms with Crippen molar-refractivity contribution in [3.63, 3.8) is 0 Å². The minimum atomic E-state index is 0.0663. The van der Waals surface area contributed by atoms with Crippen LogP contribution in [0.4, 0.5) is 0 Å². The summed E-state index contributed by atoms with van der Waals surface area (Å²) in [6, 6.07) is 0. The van der Waals surface area contributed by atoms with Crippen molar-refractivity contribution >= 4 is 11.6 Å². The lowest BCUT2D eigenvalue weighted by Gasteiger charge is -2.07. The first kappa shape index (κ1) is 10.1. The van der Waals surface area contributed by atoms with Gasteiger partial charge in [0.25, 0.3) is 0 Å². The summed E-state index contributed by atoms with van der Waals surface area (Å²) >= 11 is 0. The Hall–Kier alpha value is -1.38. The van der Waals surface area contributed by atoms with Gasteiger partial charge in [0.15, 0.2) is 5.78 Å². The Labute approximate surface area is 88.5 Å². The van der Waals surface area contributed by atoms with E-state index in [-0.39, 0.29) is 11.6 Å². The van der Waals surface area contributed by atoms with E-state index in [0.29, 0.717) is 18.6 Å². The van der Waals surface area contributed by atoms with Gasteiger partial charge in [0.1, 0.15) is 17.3 Å². The molecule has 0 unspecified atom stereocenters. The van der Waals surface area contributed by atoms with Crippen LogP contribution in [-0.2, 0) is 17.6 Å². The van der Waals surface area contributed by atoms with E-state index in [4.69, 9.17) is 4.42 Å². The van der Waals surface area contributed by atoms with Crippen molar-refractivity contribution < 1.29 is 14.0 Å². The molecule has 0 radical (unpaired) electrons. The standard InChI is InChI=1S/C12H14O3/c1-7(13)6-11-8(2)12-9(14)4-3-5-10(12)15-11/h3-6H2,1-2H3. The van der Waals surface area contributed by atoms with Crippen molar-refractivity contribution in [1.29, 1.82) is 0 Å². The number of hydrogen-bond donors (Lipinski definition) is 0. The van der Waals surface area contributed by atoms with Gasteiger partial charge in [0.2, 0.25) is 0 Å². The molecule has 3 heteroatoms. The quantitative estimate of drug-likeness (QED) is 0.745. The summed E-state index contributed by atoms with van der Waals surface area (Å²) in [6.45, 7) is 3.40. The van der Waals surface area contributed by atoms with Gasteiger partial charge in [-0.2, -0.15) is 0 Å². The summed E-state index contributed by atoms with van der Waals surface area (Å²) in [5, 5.41) is 0. The van der Waals surface area contributed by atoms with E-state index in [0.717, 1.165) is 29.7 Å². The third kappa shape index (κ3) is 1.74. The summed E-state index contributed by atoms with van der Waals surface area (Å²) in [4.78, 5) is 22.7. The first-order valence-corrected chi connectivity index (χ1v) is 5.23. The number of hydrogen-bond acceptors (Lipinski definition) is 3. The second-order valence-electron chi connectivity index (χ2n) is 4.10. The Kier molecular flexibility index (Phi) is 2.47. The van der Waals surface area contributed by atoms with Crippen molar-refractivity contribution in [1.82, 2.24) is 0 Å². The van der Waals surface area contributed by atoms with Gasteiger partial charge in [-0.15, -0.1) is 0 Å². The second-order valence-corrected chi connectivity index (χ2v) is 4.10. The molecule has 3 nitrogen and oxygen atoms in total. The molecule has 0 amide bonds. The minimum absolute atomic E-state index is 0.0663. The topological polar surface area (TPSA) is 47.3 Å². The highest BCUT2D eigenvalue weighted by atomic mass is 16.3. The maximum Gasteiger partial charge on any atom is 0.166 e. The Bertz CT molecular complexity index is 426. The van der Waals surface area contributed by atoms with Crippen LogP contribution in [0.2, 0.25) is 0 Å². The maximum atomic E-state index is 11.7. The van der Waals surface area contributed by atoms with E-state index in [1.54, 1.807) is 0 Å². The highest BCUT2D eigenvalue weighted by Crippen LogP contribution is 2.29. The van der Waals surface area contributed by atoms with Crippen LogP contribution in [0.25, 0.3) is 0 Å². The molecule has 1 aromatic rings. The van der Waals surface area contributed by atoms with Crippen molar-refractivity contribution in [2.45, 2.75) is 39.5 Å². The van der Waals surface area contributed by atoms with E-state index in [2.05, 4.69) is 0 Å². The molecule has 2 rings (SSSR count). The fraction of sp³-hybridized carbons (Fsp3) is 0.500. The summed E-state index contributed by atoms with van der Waals surface area (Å²) in [7, 11) is 0. The maximum absolute atomic E-state index is 11.7. The molecule has 0 N–H and O–H groups in total. The van der Waals surface area contributed by atoms with Crippen molar-refractivity contribution in [3.05, 3.63) is 22.6 Å². The van der Waals surface area contributed by atoms with Gasteiger partial charge >= 0.3 is 0 Å². The summed E-state index contributed by atoms with van der Waals surface area (Å²) in [5.41, 5.74) is 1.60. The third-order valence-corrected chi connectivity index (χ3v) is 2.81. The summed E-state index contributed by atoms with van der Waals surface area (Å²) < 4.78 is 5.58. The van der Waals surface area contributed by atoms with E-state index in [1.807, 2.05) is 6.92 Å². The highest BCUT2D eigenvalue weighted by Gasteiger charge is 2.26. The number of rotatable bonds is 2. The molecule has 0 bridgehead atoms. The molecule has 0 fully saturated rings. The first-order chi connectivity index (χ1) is 7.09. The molecule has 1 aromatic heterocycles. The highest BCUT2D eigenvalue weighted by molar-refractivity contribution is 5.99. The Morgan fingerprint density at radius 1 is 1.40 bits per heavy atom. The van der Waals surface area contributed by atoms with Crippen LogP contribution < -0.4 is 0 Å². The zero-order valence-electron chi connectivity index (χ0n) is 9.05. The van der Waals surface area contributed by atoms with Crippen LogP contribution in [0.15, 0.2) is 4.42 Å². The lowest BCUT2D eigenvalue weighted by Crippen LogP contribution is -2.09. The van der Waals surface area contributed by atoms with Gasteiger partial charge in [-0.05, 0) is 20.3 Å². The van der Waals surface area contributed by atoms with Gasteiger partial charge in [0.05, 0.1) is 12.0 Å². The van der Waals surface area contributed by atoms with Crippen LogP contribution >= 0.6 is 0 Å². The molecular formula is C12H14O3. The molecule has 1 aliphatic carbocycles. The molecular weight excluding hydrogens is 192 g/mol. The Balaban J connectivity index is 2.43. The predicted octanol–water partition coefficient (Wildman–Crippen LogP) is 2.24. The Morgan fingerprint density at radius 2 is 2.13 bits per heavy atom. The smallest absolute Gasteiger partial charge is 0.166 e. The molecule has 0 aliphatic heterocycles. The summed E-state index contributed by atoms with van der Waals surface area (Å²) in [6.07, 6.45) is 2.58. The molecule has 0 aromatic carbocycles. The molecule has 0 saturated carbocycles. The fourth-order valence-electron chi connectivity index (χ4n) is 2.09. The lowest BCUT2D eigenvalue weighted by molar-refractivity contribution is -0.116. The van der Waals surface area contributed by atoms with E-state index in [1.165, 1.54) is 6.92 Å². The number of carbonyl (C=O) groups excluding carboxylic acids is 2. The van der Waals surface area contributed by atoms with Crippen molar-refractivity contribution in [3.8, 4) is 0 Å². The lowest BCUT2D eigenvalue weighted by atomic mass is 9.93. The average Bonchev–Trinajstić information content (AvgIpc) is 2.44. The van der Waals surface area contributed by atoms with Crippen LogP contribution in [0.3, 0.4) is 0 Å². The van der Waals surface area contributed by atoms with Gasteiger partial charge in [-0.1, -0.05) is 0 Å². The zero-order chi connectivity index (χ0) is 11.0. The van der Waals surface area contributed by atoms with Crippen LogP contribution in [0, 0.1) is 6.92 Å². The van der Waals surface area contributed by atoms with Gasteiger partial charge in [-0.25, -0.2) is 0 Å². The number of fused-ring (bicyclic) bond motifs is 1. The van der Waals surface area contributed by atoms with Gasteiger partial charge < -0.3 is 4.42 Å².